The zero-order valence-corrected chi connectivity index (χ0v) is 12.2. The molecule has 2 rings (SSSR count). The Morgan fingerprint density at radius 2 is 2.11 bits per heavy atom. The Hall–Kier alpha value is -0.940. The molecule has 2 heterocycles. The van der Waals surface area contributed by atoms with Crippen LogP contribution in [0.1, 0.15) is 36.7 Å². The zero-order chi connectivity index (χ0) is 13.0. The predicted molar refractivity (Wildman–Crippen MR) is 74.1 cm³/mol. The van der Waals surface area contributed by atoms with Crippen LogP contribution in [0, 0.1) is 0 Å². The Balaban J connectivity index is 2.14. The van der Waals surface area contributed by atoms with Crippen LogP contribution in [0.5, 0.6) is 0 Å². The maximum absolute atomic E-state index is 12.4. The smallest absolute Gasteiger partial charge is 0.270 e. The number of rotatable bonds is 3. The van der Waals surface area contributed by atoms with Crippen LogP contribution in [0.25, 0.3) is 0 Å². The van der Waals surface area contributed by atoms with E-state index in [1.54, 1.807) is 6.07 Å². The lowest BCUT2D eigenvalue weighted by Gasteiger charge is -2.36. The van der Waals surface area contributed by atoms with E-state index >= 15 is 0 Å². The first-order valence-corrected chi connectivity index (χ1v) is 7.21. The van der Waals surface area contributed by atoms with Gasteiger partial charge in [0.05, 0.1) is 0 Å². The van der Waals surface area contributed by atoms with E-state index in [1.165, 1.54) is 6.42 Å². The highest BCUT2D eigenvalue weighted by atomic mass is 79.9. The molecule has 4 nitrogen and oxygen atoms in total. The summed E-state index contributed by atoms with van der Waals surface area (Å²) in [5.41, 5.74) is 0.497. The monoisotopic (exact) mass is 311 g/mol. The highest BCUT2D eigenvalue weighted by Crippen LogP contribution is 2.15. The van der Waals surface area contributed by atoms with Gasteiger partial charge in [-0.15, -0.1) is 0 Å². The number of aromatic nitrogens is 1. The van der Waals surface area contributed by atoms with Crippen LogP contribution in [0.3, 0.4) is 0 Å². The second kappa shape index (κ2) is 6.29. The highest BCUT2D eigenvalue weighted by molar-refractivity contribution is 9.10. The number of halogens is 1. The molecule has 0 aromatic carbocycles. The largest absolute Gasteiger partial charge is 0.286 e. The summed E-state index contributed by atoms with van der Waals surface area (Å²) in [6.45, 7) is 4.62. The second-order valence-corrected chi connectivity index (χ2v) is 5.19. The van der Waals surface area contributed by atoms with Crippen molar-refractivity contribution < 1.29 is 4.79 Å². The van der Waals surface area contributed by atoms with E-state index in [-0.39, 0.29) is 5.91 Å². The lowest BCUT2D eigenvalue weighted by Crippen LogP contribution is -2.48. The van der Waals surface area contributed by atoms with Crippen molar-refractivity contribution in [1.82, 2.24) is 15.0 Å². The van der Waals surface area contributed by atoms with Crippen LogP contribution in [0.15, 0.2) is 22.8 Å². The Morgan fingerprint density at radius 1 is 1.39 bits per heavy atom. The van der Waals surface area contributed by atoms with E-state index in [1.807, 2.05) is 24.1 Å². The standard InChI is InChI=1S/C13H18BrN3O/c1-2-17(16-9-4-3-5-10-16)13(18)11-7-6-8-12(14)15-11/h6-8H,2-5,9-10H2,1H3. The van der Waals surface area contributed by atoms with Crippen LogP contribution < -0.4 is 0 Å². The molecule has 0 unspecified atom stereocenters. The quantitative estimate of drug-likeness (QED) is 0.805. The molecule has 5 heteroatoms. The number of hydrogen-bond acceptors (Lipinski definition) is 3. The maximum atomic E-state index is 12.4. The topological polar surface area (TPSA) is 36.4 Å². The number of amides is 1. The lowest BCUT2D eigenvalue weighted by atomic mass is 10.1. The van der Waals surface area contributed by atoms with Crippen LogP contribution in [-0.2, 0) is 0 Å². The number of hydrazine groups is 1. The van der Waals surface area contributed by atoms with Gasteiger partial charge in [-0.25, -0.2) is 9.99 Å². The predicted octanol–water partition coefficient (Wildman–Crippen LogP) is 2.71. The Bertz CT molecular complexity index is 418. The fraction of sp³-hybridized carbons (Fsp3) is 0.538. The number of nitrogens with zero attached hydrogens (tertiary/aromatic N) is 3. The molecule has 0 spiro atoms. The third-order valence-corrected chi connectivity index (χ3v) is 3.58. The van der Waals surface area contributed by atoms with Crippen molar-refractivity contribution in [3.8, 4) is 0 Å². The molecule has 1 aliphatic rings. The van der Waals surface area contributed by atoms with Gasteiger partial charge in [-0.3, -0.25) is 9.80 Å². The first kappa shape index (κ1) is 13.5. The van der Waals surface area contributed by atoms with Gasteiger partial charge in [-0.05, 0) is 47.8 Å². The SMILES string of the molecule is CCN(C(=O)c1cccc(Br)n1)N1CCCCC1. The molecule has 1 fully saturated rings. The van der Waals surface area contributed by atoms with Crippen LogP contribution >= 0.6 is 15.9 Å². The minimum Gasteiger partial charge on any atom is -0.270 e. The van der Waals surface area contributed by atoms with Crippen LogP contribution in [0.2, 0.25) is 0 Å². The van der Waals surface area contributed by atoms with Crippen molar-refractivity contribution >= 4 is 21.8 Å². The summed E-state index contributed by atoms with van der Waals surface area (Å²) in [6, 6.07) is 5.43. The molecule has 0 radical (unpaired) electrons. The van der Waals surface area contributed by atoms with Gasteiger partial charge in [0.1, 0.15) is 10.3 Å². The summed E-state index contributed by atoms with van der Waals surface area (Å²) < 4.78 is 0.697. The van der Waals surface area contributed by atoms with E-state index in [2.05, 4.69) is 25.9 Å². The summed E-state index contributed by atoms with van der Waals surface area (Å²) in [7, 11) is 0. The number of carbonyl (C=O) groups is 1. The van der Waals surface area contributed by atoms with Gasteiger partial charge in [0.2, 0.25) is 0 Å². The second-order valence-electron chi connectivity index (χ2n) is 4.38. The number of piperidine rings is 1. The average Bonchev–Trinajstić information content (AvgIpc) is 2.41. The summed E-state index contributed by atoms with van der Waals surface area (Å²) in [5, 5.41) is 3.96. The van der Waals surface area contributed by atoms with Gasteiger partial charge in [0.25, 0.3) is 5.91 Å². The molecule has 98 valence electrons. The van der Waals surface area contributed by atoms with Crippen molar-refractivity contribution in [2.75, 3.05) is 19.6 Å². The van der Waals surface area contributed by atoms with E-state index in [0.29, 0.717) is 16.8 Å². The minimum atomic E-state index is -0.0132. The number of hydrogen-bond donors (Lipinski definition) is 0. The molecule has 18 heavy (non-hydrogen) atoms. The van der Waals surface area contributed by atoms with Crippen molar-refractivity contribution in [3.05, 3.63) is 28.5 Å². The fourth-order valence-corrected chi connectivity index (χ4v) is 2.59. The number of pyridine rings is 1. The van der Waals surface area contributed by atoms with Gasteiger partial charge in [-0.1, -0.05) is 12.5 Å². The summed E-state index contributed by atoms with van der Waals surface area (Å²) in [6.07, 6.45) is 3.59. The van der Waals surface area contributed by atoms with Crippen molar-refractivity contribution in [3.63, 3.8) is 0 Å². The van der Waals surface area contributed by atoms with E-state index in [9.17, 15) is 4.79 Å². The average molecular weight is 312 g/mol. The summed E-state index contributed by atoms with van der Waals surface area (Å²) >= 11 is 3.30. The Labute approximate surface area is 116 Å². The van der Waals surface area contributed by atoms with Gasteiger partial charge < -0.3 is 0 Å². The van der Waals surface area contributed by atoms with Gasteiger partial charge in [-0.2, -0.15) is 0 Å². The van der Waals surface area contributed by atoms with E-state index < -0.39 is 0 Å². The molecule has 0 atom stereocenters. The molecule has 0 bridgehead atoms. The van der Waals surface area contributed by atoms with Crippen molar-refractivity contribution in [1.29, 1.82) is 0 Å². The number of carbonyl (C=O) groups excluding carboxylic acids is 1. The Kier molecular flexibility index (Phi) is 4.72. The molecule has 1 saturated heterocycles. The molecule has 1 aliphatic heterocycles. The minimum absolute atomic E-state index is 0.0132. The van der Waals surface area contributed by atoms with E-state index in [4.69, 9.17) is 0 Å². The first-order valence-electron chi connectivity index (χ1n) is 6.41. The molecule has 1 amide bonds. The normalized spacial score (nSPS) is 16.6. The van der Waals surface area contributed by atoms with Gasteiger partial charge >= 0.3 is 0 Å². The maximum Gasteiger partial charge on any atom is 0.286 e. The van der Waals surface area contributed by atoms with Crippen LogP contribution in [0.4, 0.5) is 0 Å². The molecule has 0 aliphatic carbocycles. The van der Waals surface area contributed by atoms with Crippen molar-refractivity contribution in [2.24, 2.45) is 0 Å². The molecule has 1 aromatic rings. The third kappa shape index (κ3) is 3.09. The van der Waals surface area contributed by atoms with E-state index in [0.717, 1.165) is 25.9 Å². The van der Waals surface area contributed by atoms with Gasteiger partial charge in [0.15, 0.2) is 0 Å². The molecule has 0 N–H and O–H groups in total. The lowest BCUT2D eigenvalue weighted by molar-refractivity contribution is -0.0186. The summed E-state index contributed by atoms with van der Waals surface area (Å²) in [5.74, 6) is -0.0132. The molecular weight excluding hydrogens is 294 g/mol. The molecule has 0 saturated carbocycles. The van der Waals surface area contributed by atoms with Crippen molar-refractivity contribution in [2.45, 2.75) is 26.2 Å². The van der Waals surface area contributed by atoms with Crippen LogP contribution in [-0.4, -0.2) is 40.5 Å². The summed E-state index contributed by atoms with van der Waals surface area (Å²) in [4.78, 5) is 16.7. The zero-order valence-electron chi connectivity index (χ0n) is 10.6. The highest BCUT2D eigenvalue weighted by Gasteiger charge is 2.23. The first-order chi connectivity index (χ1) is 8.72. The molecule has 1 aromatic heterocycles. The molecular formula is C13H18BrN3O. The third-order valence-electron chi connectivity index (χ3n) is 3.14. The Morgan fingerprint density at radius 3 is 2.72 bits per heavy atom. The van der Waals surface area contributed by atoms with Gasteiger partial charge in [0, 0.05) is 19.6 Å². The fourth-order valence-electron chi connectivity index (χ4n) is 2.25.